The summed E-state index contributed by atoms with van der Waals surface area (Å²) >= 11 is 3.37. The van der Waals surface area contributed by atoms with Crippen LogP contribution in [0.1, 0.15) is 20.8 Å². The Kier molecular flexibility index (Phi) is 2.95. The van der Waals surface area contributed by atoms with Crippen molar-refractivity contribution in [3.63, 3.8) is 0 Å². The van der Waals surface area contributed by atoms with Gasteiger partial charge in [0.2, 0.25) is 0 Å². The number of carbonyl (C=O) groups is 1. The largest absolute Gasteiger partial charge is 0.443 e. The average molecular weight is 297 g/mol. The highest BCUT2D eigenvalue weighted by Crippen LogP contribution is 2.24. The highest BCUT2D eigenvalue weighted by molar-refractivity contribution is 9.10. The van der Waals surface area contributed by atoms with Gasteiger partial charge in [0.25, 0.3) is 0 Å². The van der Waals surface area contributed by atoms with E-state index in [1.54, 1.807) is 18.5 Å². The van der Waals surface area contributed by atoms with E-state index in [0.717, 1.165) is 15.5 Å². The minimum atomic E-state index is -0.512. The second-order valence-corrected chi connectivity index (χ2v) is 5.55. The maximum Gasteiger partial charge on any atom is 0.419 e. The maximum absolute atomic E-state index is 12.0. The van der Waals surface area contributed by atoms with Crippen LogP contribution in [0.5, 0.6) is 0 Å². The molecule has 0 N–H and O–H groups in total. The van der Waals surface area contributed by atoms with Gasteiger partial charge in [-0.1, -0.05) is 0 Å². The van der Waals surface area contributed by atoms with Crippen molar-refractivity contribution in [1.82, 2.24) is 9.55 Å². The van der Waals surface area contributed by atoms with Crippen molar-refractivity contribution in [2.75, 3.05) is 0 Å². The van der Waals surface area contributed by atoms with E-state index in [1.807, 2.05) is 26.8 Å². The zero-order valence-corrected chi connectivity index (χ0v) is 11.5. The Bertz CT molecular complexity index is 569. The van der Waals surface area contributed by atoms with Crippen LogP contribution < -0.4 is 0 Å². The SMILES string of the molecule is CC(C)(C)OC(=O)n1cc(Br)c2ncccc21. The van der Waals surface area contributed by atoms with Crippen LogP contribution in [0.25, 0.3) is 11.0 Å². The number of ether oxygens (including phenoxy) is 1. The van der Waals surface area contributed by atoms with Crippen LogP contribution in [-0.2, 0) is 4.74 Å². The summed E-state index contributed by atoms with van der Waals surface area (Å²) in [6.07, 6.45) is 2.96. The van der Waals surface area contributed by atoms with Crippen LogP contribution in [0.3, 0.4) is 0 Å². The fourth-order valence-electron chi connectivity index (χ4n) is 1.48. The van der Waals surface area contributed by atoms with Gasteiger partial charge in [0.15, 0.2) is 0 Å². The normalized spacial score (nSPS) is 11.8. The maximum atomic E-state index is 12.0. The molecule has 2 heterocycles. The molecule has 2 aromatic rings. The second kappa shape index (κ2) is 4.14. The molecular weight excluding hydrogens is 284 g/mol. The fraction of sp³-hybridized carbons (Fsp3) is 0.333. The molecule has 17 heavy (non-hydrogen) atoms. The van der Waals surface area contributed by atoms with Crippen molar-refractivity contribution < 1.29 is 9.53 Å². The number of pyridine rings is 1. The highest BCUT2D eigenvalue weighted by atomic mass is 79.9. The number of rotatable bonds is 0. The summed E-state index contributed by atoms with van der Waals surface area (Å²) in [6, 6.07) is 3.62. The van der Waals surface area contributed by atoms with Gasteiger partial charge >= 0.3 is 6.09 Å². The molecule has 5 heteroatoms. The number of hydrogen-bond donors (Lipinski definition) is 0. The smallest absolute Gasteiger partial charge is 0.419 e. The Hall–Kier alpha value is -1.36. The first-order chi connectivity index (χ1) is 7.88. The van der Waals surface area contributed by atoms with Crippen LogP contribution in [0.4, 0.5) is 4.79 Å². The molecule has 2 aromatic heterocycles. The van der Waals surface area contributed by atoms with Gasteiger partial charge in [-0.25, -0.2) is 9.36 Å². The van der Waals surface area contributed by atoms with Gasteiger partial charge < -0.3 is 4.74 Å². The molecule has 0 radical (unpaired) electrons. The molecule has 0 bridgehead atoms. The molecule has 0 fully saturated rings. The van der Waals surface area contributed by atoms with Crippen molar-refractivity contribution >= 4 is 33.1 Å². The van der Waals surface area contributed by atoms with E-state index in [9.17, 15) is 4.79 Å². The Morgan fingerprint density at radius 2 is 2.18 bits per heavy atom. The Balaban J connectivity index is 2.46. The van der Waals surface area contributed by atoms with Gasteiger partial charge in [-0.05, 0) is 48.8 Å². The third-order valence-electron chi connectivity index (χ3n) is 2.10. The monoisotopic (exact) mass is 296 g/mol. The number of aromatic nitrogens is 2. The quantitative estimate of drug-likeness (QED) is 0.746. The standard InChI is InChI=1S/C12H13BrN2O2/c1-12(2,3)17-11(16)15-7-8(13)10-9(15)5-4-6-14-10/h4-7H,1-3H3. The third kappa shape index (κ3) is 2.49. The Morgan fingerprint density at radius 3 is 2.82 bits per heavy atom. The highest BCUT2D eigenvalue weighted by Gasteiger charge is 2.20. The Labute approximate surface area is 108 Å². The van der Waals surface area contributed by atoms with Crippen molar-refractivity contribution in [2.24, 2.45) is 0 Å². The number of fused-ring (bicyclic) bond motifs is 1. The lowest BCUT2D eigenvalue weighted by atomic mass is 10.2. The summed E-state index contributed by atoms with van der Waals surface area (Å²) in [4.78, 5) is 16.2. The first-order valence-electron chi connectivity index (χ1n) is 5.23. The topological polar surface area (TPSA) is 44.1 Å². The molecule has 0 saturated heterocycles. The summed E-state index contributed by atoms with van der Waals surface area (Å²) in [5, 5.41) is 0. The van der Waals surface area contributed by atoms with E-state index in [0.29, 0.717) is 0 Å². The van der Waals surface area contributed by atoms with Crippen LogP contribution in [0, 0.1) is 0 Å². The van der Waals surface area contributed by atoms with Gasteiger partial charge in [-0.3, -0.25) is 4.98 Å². The van der Waals surface area contributed by atoms with Gasteiger partial charge in [0, 0.05) is 12.4 Å². The lowest BCUT2D eigenvalue weighted by molar-refractivity contribution is 0.0544. The zero-order valence-electron chi connectivity index (χ0n) is 9.90. The lowest BCUT2D eigenvalue weighted by Gasteiger charge is -2.19. The van der Waals surface area contributed by atoms with Gasteiger partial charge in [-0.15, -0.1) is 0 Å². The molecule has 90 valence electrons. The predicted molar refractivity (Wildman–Crippen MR) is 69.1 cm³/mol. The zero-order chi connectivity index (χ0) is 12.6. The molecule has 2 rings (SSSR count). The first kappa shape index (κ1) is 12.1. The number of hydrogen-bond acceptors (Lipinski definition) is 3. The average Bonchev–Trinajstić information content (AvgIpc) is 2.55. The van der Waals surface area contributed by atoms with Crippen molar-refractivity contribution in [2.45, 2.75) is 26.4 Å². The van der Waals surface area contributed by atoms with Gasteiger partial charge in [-0.2, -0.15) is 0 Å². The van der Waals surface area contributed by atoms with E-state index >= 15 is 0 Å². The summed E-state index contributed by atoms with van der Waals surface area (Å²) in [7, 11) is 0. The predicted octanol–water partition coefficient (Wildman–Crippen LogP) is 3.58. The van der Waals surface area contributed by atoms with Crippen LogP contribution >= 0.6 is 15.9 Å². The van der Waals surface area contributed by atoms with Gasteiger partial charge in [0.05, 0.1) is 9.99 Å². The van der Waals surface area contributed by atoms with Crippen molar-refractivity contribution in [3.8, 4) is 0 Å². The van der Waals surface area contributed by atoms with Crippen molar-refractivity contribution in [1.29, 1.82) is 0 Å². The molecule has 0 aromatic carbocycles. The van der Waals surface area contributed by atoms with E-state index in [4.69, 9.17) is 4.74 Å². The minimum Gasteiger partial charge on any atom is -0.443 e. The first-order valence-corrected chi connectivity index (χ1v) is 6.03. The Morgan fingerprint density at radius 1 is 1.47 bits per heavy atom. The number of halogens is 1. The van der Waals surface area contributed by atoms with Gasteiger partial charge in [0.1, 0.15) is 11.1 Å². The molecule has 0 atom stereocenters. The summed E-state index contributed by atoms with van der Waals surface area (Å²) in [5.74, 6) is 0. The van der Waals surface area contributed by atoms with E-state index in [-0.39, 0.29) is 0 Å². The molecule has 0 saturated carbocycles. The van der Waals surface area contributed by atoms with E-state index in [2.05, 4.69) is 20.9 Å². The molecule has 4 nitrogen and oxygen atoms in total. The molecule has 0 unspecified atom stereocenters. The lowest BCUT2D eigenvalue weighted by Crippen LogP contribution is -2.26. The van der Waals surface area contributed by atoms with E-state index < -0.39 is 11.7 Å². The summed E-state index contributed by atoms with van der Waals surface area (Å²) in [5.41, 5.74) is 0.967. The summed E-state index contributed by atoms with van der Waals surface area (Å²) < 4.78 is 7.55. The molecule has 0 aliphatic carbocycles. The second-order valence-electron chi connectivity index (χ2n) is 4.70. The van der Waals surface area contributed by atoms with Crippen LogP contribution in [0.2, 0.25) is 0 Å². The van der Waals surface area contributed by atoms with Crippen LogP contribution in [0.15, 0.2) is 29.0 Å². The number of nitrogens with zero attached hydrogens (tertiary/aromatic N) is 2. The molecular formula is C12H13BrN2O2. The fourth-order valence-corrected chi connectivity index (χ4v) is 1.99. The summed E-state index contributed by atoms with van der Waals surface area (Å²) in [6.45, 7) is 5.51. The van der Waals surface area contributed by atoms with E-state index in [1.165, 1.54) is 4.57 Å². The molecule has 0 amide bonds. The van der Waals surface area contributed by atoms with Crippen molar-refractivity contribution in [3.05, 3.63) is 29.0 Å². The third-order valence-corrected chi connectivity index (χ3v) is 2.69. The molecule has 0 spiro atoms. The molecule has 0 aliphatic rings. The van der Waals surface area contributed by atoms with Crippen LogP contribution in [-0.4, -0.2) is 21.2 Å². The minimum absolute atomic E-state index is 0.402. The molecule has 0 aliphatic heterocycles. The number of carbonyl (C=O) groups excluding carboxylic acids is 1.